The molecular formula is C22H15BrClNO. The smallest absolute Gasteiger partial charge is 0.236 e. The van der Waals surface area contributed by atoms with E-state index in [2.05, 4.69) is 39.4 Å². The molecule has 2 nitrogen and oxygen atoms in total. The number of hydrogen-bond donors (Lipinski definition) is 1. The van der Waals surface area contributed by atoms with E-state index in [9.17, 15) is 4.79 Å². The number of carbonyl (C=O) groups excluding carboxylic acids is 1. The van der Waals surface area contributed by atoms with Crippen LogP contribution in [0.3, 0.4) is 0 Å². The van der Waals surface area contributed by atoms with Crippen LogP contribution in [0, 0.1) is 0 Å². The van der Waals surface area contributed by atoms with Crippen molar-refractivity contribution in [1.29, 1.82) is 0 Å². The molecule has 5 rings (SSSR count). The van der Waals surface area contributed by atoms with Crippen molar-refractivity contribution >= 4 is 39.1 Å². The van der Waals surface area contributed by atoms with E-state index in [-0.39, 0.29) is 5.91 Å². The van der Waals surface area contributed by atoms with E-state index in [1.165, 1.54) is 0 Å². The standard InChI is InChI=1S/C22H15BrClNO/c23-15-10-11-19-17(12-15)22(20(26)25-19)13-21(22,14-6-2-1-3-7-14)16-8-4-5-9-18(16)24/h1-12H,13H2,(H,25,26). The summed E-state index contributed by atoms with van der Waals surface area (Å²) in [6.07, 6.45) is 0.711. The summed E-state index contributed by atoms with van der Waals surface area (Å²) in [6, 6.07) is 24.1. The van der Waals surface area contributed by atoms with Gasteiger partial charge in [-0.2, -0.15) is 0 Å². The highest BCUT2D eigenvalue weighted by atomic mass is 79.9. The molecule has 0 radical (unpaired) electrons. The van der Waals surface area contributed by atoms with Gasteiger partial charge >= 0.3 is 0 Å². The third-order valence-corrected chi connectivity index (χ3v) is 6.63. The molecule has 1 aliphatic carbocycles. The Labute approximate surface area is 165 Å². The molecule has 1 spiro atoms. The molecule has 1 fully saturated rings. The van der Waals surface area contributed by atoms with E-state index < -0.39 is 10.8 Å². The number of fused-ring (bicyclic) bond motifs is 2. The molecule has 3 aromatic rings. The van der Waals surface area contributed by atoms with Gasteiger partial charge in [-0.1, -0.05) is 76.1 Å². The van der Waals surface area contributed by atoms with Crippen LogP contribution in [0.15, 0.2) is 77.3 Å². The van der Waals surface area contributed by atoms with Gasteiger partial charge in [0.05, 0.1) is 5.41 Å². The van der Waals surface area contributed by atoms with E-state index in [0.717, 1.165) is 26.9 Å². The van der Waals surface area contributed by atoms with Crippen LogP contribution in [0.4, 0.5) is 5.69 Å². The molecule has 2 unspecified atom stereocenters. The van der Waals surface area contributed by atoms with Gasteiger partial charge in [0.2, 0.25) is 5.91 Å². The zero-order valence-corrected chi connectivity index (χ0v) is 16.1. The summed E-state index contributed by atoms with van der Waals surface area (Å²) in [5.41, 5.74) is 2.98. The topological polar surface area (TPSA) is 29.1 Å². The fourth-order valence-electron chi connectivity index (χ4n) is 4.64. The van der Waals surface area contributed by atoms with Gasteiger partial charge in [0.15, 0.2) is 0 Å². The normalized spacial score (nSPS) is 25.8. The number of halogens is 2. The van der Waals surface area contributed by atoms with Gasteiger partial charge in [-0.25, -0.2) is 0 Å². The molecule has 26 heavy (non-hydrogen) atoms. The summed E-state index contributed by atoms with van der Waals surface area (Å²) in [6.45, 7) is 0. The molecule has 1 aliphatic heterocycles. The molecule has 1 saturated carbocycles. The molecule has 2 atom stereocenters. The number of nitrogens with one attached hydrogen (secondary N) is 1. The van der Waals surface area contributed by atoms with Crippen molar-refractivity contribution in [2.24, 2.45) is 0 Å². The molecule has 1 amide bonds. The zero-order chi connectivity index (χ0) is 17.9. The van der Waals surface area contributed by atoms with E-state index >= 15 is 0 Å². The Kier molecular flexibility index (Phi) is 3.37. The van der Waals surface area contributed by atoms with Gasteiger partial charge in [0.1, 0.15) is 0 Å². The molecule has 4 heteroatoms. The van der Waals surface area contributed by atoms with Gasteiger partial charge < -0.3 is 5.32 Å². The lowest BCUT2D eigenvalue weighted by molar-refractivity contribution is -0.118. The van der Waals surface area contributed by atoms with Crippen LogP contribution >= 0.6 is 27.5 Å². The van der Waals surface area contributed by atoms with Crippen molar-refractivity contribution in [3.8, 4) is 0 Å². The molecule has 0 saturated heterocycles. The van der Waals surface area contributed by atoms with Crippen molar-refractivity contribution < 1.29 is 4.79 Å². The predicted octanol–water partition coefficient (Wildman–Crippen LogP) is 5.68. The van der Waals surface area contributed by atoms with Crippen LogP contribution in [0.1, 0.15) is 23.1 Å². The first-order chi connectivity index (χ1) is 12.6. The van der Waals surface area contributed by atoms with Crippen LogP contribution in [-0.2, 0) is 15.6 Å². The summed E-state index contributed by atoms with van der Waals surface area (Å²) >= 11 is 10.2. The third-order valence-electron chi connectivity index (χ3n) is 5.81. The molecule has 3 aromatic carbocycles. The Morgan fingerprint density at radius 1 is 0.885 bits per heavy atom. The van der Waals surface area contributed by atoms with E-state index in [1.807, 2.05) is 54.6 Å². The zero-order valence-electron chi connectivity index (χ0n) is 13.8. The van der Waals surface area contributed by atoms with Crippen LogP contribution in [0.2, 0.25) is 5.02 Å². The van der Waals surface area contributed by atoms with Gasteiger partial charge in [-0.15, -0.1) is 0 Å². The average molecular weight is 425 g/mol. The maximum atomic E-state index is 13.2. The SMILES string of the molecule is O=C1Nc2ccc(Br)cc2C12CC2(c1ccccc1)c1ccccc1Cl. The molecule has 0 bridgehead atoms. The Hall–Kier alpha value is -2.10. The molecule has 1 N–H and O–H groups in total. The number of benzene rings is 3. The first-order valence-electron chi connectivity index (χ1n) is 8.52. The largest absolute Gasteiger partial charge is 0.325 e. The monoisotopic (exact) mass is 423 g/mol. The first-order valence-corrected chi connectivity index (χ1v) is 9.69. The summed E-state index contributed by atoms with van der Waals surface area (Å²) in [5.74, 6) is 0.0503. The fraction of sp³-hybridized carbons (Fsp3) is 0.136. The van der Waals surface area contributed by atoms with Gasteiger partial charge in [-0.3, -0.25) is 4.79 Å². The fourth-order valence-corrected chi connectivity index (χ4v) is 5.30. The number of amides is 1. The van der Waals surface area contributed by atoms with Crippen LogP contribution < -0.4 is 5.32 Å². The van der Waals surface area contributed by atoms with Crippen molar-refractivity contribution in [3.63, 3.8) is 0 Å². The second-order valence-electron chi connectivity index (χ2n) is 6.98. The minimum absolute atomic E-state index is 0.0503. The molecular weight excluding hydrogens is 410 g/mol. The number of hydrogen-bond acceptors (Lipinski definition) is 1. The van der Waals surface area contributed by atoms with Crippen molar-refractivity contribution in [2.45, 2.75) is 17.3 Å². The molecule has 2 aliphatic rings. The average Bonchev–Trinajstić information content (AvgIpc) is 3.29. The summed E-state index contributed by atoms with van der Waals surface area (Å²) < 4.78 is 0.972. The van der Waals surface area contributed by atoms with Crippen LogP contribution in [0.5, 0.6) is 0 Å². The highest BCUT2D eigenvalue weighted by Gasteiger charge is 2.76. The second kappa shape index (κ2) is 5.45. The van der Waals surface area contributed by atoms with Gasteiger partial charge in [0.25, 0.3) is 0 Å². The van der Waals surface area contributed by atoms with Crippen LogP contribution in [0.25, 0.3) is 0 Å². The third kappa shape index (κ3) is 1.90. The quantitative estimate of drug-likeness (QED) is 0.563. The first kappa shape index (κ1) is 16.1. The minimum Gasteiger partial charge on any atom is -0.325 e. The van der Waals surface area contributed by atoms with Crippen molar-refractivity contribution in [2.75, 3.05) is 5.32 Å². The second-order valence-corrected chi connectivity index (χ2v) is 8.30. The molecule has 1 heterocycles. The van der Waals surface area contributed by atoms with Gasteiger partial charge in [-0.05, 0) is 47.4 Å². The van der Waals surface area contributed by atoms with Crippen molar-refractivity contribution in [3.05, 3.63) is 99.0 Å². The Balaban J connectivity index is 1.82. The highest BCUT2D eigenvalue weighted by molar-refractivity contribution is 9.10. The highest BCUT2D eigenvalue weighted by Crippen LogP contribution is 2.72. The number of anilines is 1. The summed E-state index contributed by atoms with van der Waals surface area (Å²) in [5, 5.41) is 3.79. The lowest BCUT2D eigenvalue weighted by Gasteiger charge is -2.24. The van der Waals surface area contributed by atoms with E-state index in [1.54, 1.807) is 0 Å². The Bertz CT molecular complexity index is 1050. The number of carbonyl (C=O) groups is 1. The molecule has 0 aromatic heterocycles. The maximum Gasteiger partial charge on any atom is 0.236 e. The predicted molar refractivity (Wildman–Crippen MR) is 108 cm³/mol. The lowest BCUT2D eigenvalue weighted by Crippen LogP contribution is -2.30. The summed E-state index contributed by atoms with van der Waals surface area (Å²) in [7, 11) is 0. The van der Waals surface area contributed by atoms with Gasteiger partial charge in [0, 0.05) is 20.6 Å². The van der Waals surface area contributed by atoms with E-state index in [0.29, 0.717) is 11.4 Å². The van der Waals surface area contributed by atoms with E-state index in [4.69, 9.17) is 11.6 Å². The van der Waals surface area contributed by atoms with Crippen molar-refractivity contribution in [1.82, 2.24) is 0 Å². The number of rotatable bonds is 2. The lowest BCUT2D eigenvalue weighted by atomic mass is 9.77. The van der Waals surface area contributed by atoms with Crippen LogP contribution in [-0.4, -0.2) is 5.91 Å². The molecule has 128 valence electrons. The maximum absolute atomic E-state index is 13.2. The minimum atomic E-state index is -0.627. The Morgan fingerprint density at radius 2 is 1.62 bits per heavy atom. The Morgan fingerprint density at radius 3 is 2.38 bits per heavy atom. The summed E-state index contributed by atoms with van der Waals surface area (Å²) in [4.78, 5) is 13.2.